The second-order valence-corrected chi connectivity index (χ2v) is 10.1. The minimum Gasteiger partial charge on any atom is -0.497 e. The molecule has 9 heteroatoms. The van der Waals surface area contributed by atoms with Crippen molar-refractivity contribution in [3.8, 4) is 17.2 Å². The van der Waals surface area contributed by atoms with Crippen molar-refractivity contribution in [2.75, 3.05) is 53.6 Å². The molecule has 0 aliphatic carbocycles. The number of aromatic nitrogens is 2. The van der Waals surface area contributed by atoms with Gasteiger partial charge in [-0.3, -0.25) is 9.69 Å². The van der Waals surface area contributed by atoms with Crippen molar-refractivity contribution in [3.05, 3.63) is 89.9 Å². The summed E-state index contributed by atoms with van der Waals surface area (Å²) in [5.74, 6) is 1.69. The normalized spacial score (nSPS) is 14.5. The van der Waals surface area contributed by atoms with E-state index >= 15 is 0 Å². The number of hydrogen-bond donors (Lipinski definition) is 1. The van der Waals surface area contributed by atoms with Gasteiger partial charge in [0.1, 0.15) is 18.1 Å². The molecule has 5 rings (SSSR count). The summed E-state index contributed by atoms with van der Waals surface area (Å²) in [6.07, 6.45) is 4.92. The van der Waals surface area contributed by atoms with Gasteiger partial charge in [-0.1, -0.05) is 30.3 Å². The van der Waals surface area contributed by atoms with E-state index < -0.39 is 0 Å². The summed E-state index contributed by atoms with van der Waals surface area (Å²) < 4.78 is 24.7. The molecule has 1 atom stereocenters. The lowest BCUT2D eigenvalue weighted by atomic mass is 9.91. The van der Waals surface area contributed by atoms with Gasteiger partial charge in [-0.2, -0.15) is 0 Å². The van der Waals surface area contributed by atoms with Crippen LogP contribution in [0.25, 0.3) is 5.65 Å². The van der Waals surface area contributed by atoms with Gasteiger partial charge in [-0.15, -0.1) is 0 Å². The topological polar surface area (TPSA) is 86.6 Å². The molecule has 41 heavy (non-hydrogen) atoms. The van der Waals surface area contributed by atoms with Crippen LogP contribution in [0.1, 0.15) is 35.6 Å². The van der Waals surface area contributed by atoms with Crippen LogP contribution in [-0.4, -0.2) is 73.8 Å². The average molecular weight is 559 g/mol. The second-order valence-electron chi connectivity index (χ2n) is 10.1. The molecule has 0 bridgehead atoms. The Morgan fingerprint density at radius 2 is 1.78 bits per heavy atom. The molecule has 9 nitrogen and oxygen atoms in total. The molecule has 1 saturated heterocycles. The first-order chi connectivity index (χ1) is 20.1. The Morgan fingerprint density at radius 3 is 2.51 bits per heavy atom. The van der Waals surface area contributed by atoms with E-state index in [1.807, 2.05) is 77.5 Å². The Hall–Kier alpha value is -4.08. The molecular formula is C32H38N4O5. The summed E-state index contributed by atoms with van der Waals surface area (Å²) in [5, 5.41) is 3.13. The fraction of sp³-hybridized carbons (Fsp3) is 0.375. The maximum absolute atomic E-state index is 13.3. The summed E-state index contributed by atoms with van der Waals surface area (Å²) >= 11 is 0. The summed E-state index contributed by atoms with van der Waals surface area (Å²) in [7, 11) is 3.25. The highest BCUT2D eigenvalue weighted by atomic mass is 16.5. The Morgan fingerprint density at radius 1 is 1.02 bits per heavy atom. The molecule has 1 aliphatic rings. The highest BCUT2D eigenvalue weighted by Gasteiger charge is 2.24. The van der Waals surface area contributed by atoms with E-state index in [-0.39, 0.29) is 18.2 Å². The number of nitrogens with zero attached hydrogens (tertiary/aromatic N) is 3. The molecule has 1 N–H and O–H groups in total. The molecule has 0 radical (unpaired) electrons. The predicted octanol–water partition coefficient (Wildman–Crippen LogP) is 4.29. The van der Waals surface area contributed by atoms with Gasteiger partial charge in [-0.25, -0.2) is 4.98 Å². The Balaban J connectivity index is 1.37. The summed E-state index contributed by atoms with van der Waals surface area (Å²) in [6, 6.07) is 19.6. The minimum atomic E-state index is -0.294. The van der Waals surface area contributed by atoms with Crippen LogP contribution in [0.3, 0.4) is 0 Å². The first-order valence-corrected chi connectivity index (χ1v) is 14.1. The van der Waals surface area contributed by atoms with E-state index in [9.17, 15) is 4.79 Å². The van der Waals surface area contributed by atoms with Gasteiger partial charge in [0.15, 0.2) is 11.4 Å². The van der Waals surface area contributed by atoms with E-state index in [1.54, 1.807) is 14.2 Å². The number of ether oxygens (including phenoxy) is 4. The van der Waals surface area contributed by atoms with Crippen molar-refractivity contribution < 1.29 is 23.7 Å². The standard InChI is InChI=1S/C32H38N4O5/c1-38-26-18-25(19-27(20-26)39-2)28(21-31(37)33-11-7-12-35-14-16-40-17-15-35)29-22-34-32-30(10-6-13-36(29)32)41-23-24-8-4-3-5-9-24/h3-6,8-10,13,18-20,22,28H,7,11-12,14-17,21,23H2,1-2H3,(H,33,37). The van der Waals surface area contributed by atoms with Gasteiger partial charge in [0.25, 0.3) is 0 Å². The molecule has 1 aliphatic heterocycles. The zero-order valence-electron chi connectivity index (χ0n) is 23.8. The van der Waals surface area contributed by atoms with E-state index in [2.05, 4.69) is 10.2 Å². The molecular weight excluding hydrogens is 520 g/mol. The summed E-state index contributed by atoms with van der Waals surface area (Å²) in [6.45, 7) is 5.44. The number of hydrogen-bond acceptors (Lipinski definition) is 7. The van der Waals surface area contributed by atoms with Crippen LogP contribution in [0.4, 0.5) is 0 Å². The summed E-state index contributed by atoms with van der Waals surface area (Å²) in [4.78, 5) is 20.4. The van der Waals surface area contributed by atoms with E-state index in [0.717, 1.165) is 56.1 Å². The van der Waals surface area contributed by atoms with Gasteiger partial charge in [0, 0.05) is 50.4 Å². The van der Waals surface area contributed by atoms with Crippen molar-refractivity contribution in [2.24, 2.45) is 0 Å². The Kier molecular flexibility index (Phi) is 9.72. The zero-order valence-corrected chi connectivity index (χ0v) is 23.8. The third-order valence-electron chi connectivity index (χ3n) is 7.37. The zero-order chi connectivity index (χ0) is 28.4. The number of amides is 1. The molecule has 216 valence electrons. The fourth-order valence-electron chi connectivity index (χ4n) is 5.15. The number of morpholine rings is 1. The van der Waals surface area contributed by atoms with Gasteiger partial charge in [0.2, 0.25) is 5.91 Å². The number of pyridine rings is 1. The van der Waals surface area contributed by atoms with Gasteiger partial charge < -0.3 is 28.7 Å². The van der Waals surface area contributed by atoms with Crippen LogP contribution in [0.5, 0.6) is 17.2 Å². The number of carbonyl (C=O) groups is 1. The van der Waals surface area contributed by atoms with Gasteiger partial charge in [0.05, 0.1) is 33.1 Å². The first kappa shape index (κ1) is 28.4. The molecule has 0 spiro atoms. The quantitative estimate of drug-likeness (QED) is 0.245. The molecule has 1 unspecified atom stereocenters. The van der Waals surface area contributed by atoms with E-state index in [0.29, 0.717) is 36.0 Å². The SMILES string of the molecule is COc1cc(OC)cc(C(CC(=O)NCCCN2CCOCC2)c2cnc3c(OCc4ccccc4)cccn23)c1. The van der Waals surface area contributed by atoms with Crippen LogP contribution in [0.15, 0.2) is 73.1 Å². The molecule has 2 aromatic heterocycles. The highest BCUT2D eigenvalue weighted by molar-refractivity contribution is 5.77. The number of carbonyl (C=O) groups excluding carboxylic acids is 1. The Bertz CT molecular complexity index is 1400. The lowest BCUT2D eigenvalue weighted by molar-refractivity contribution is -0.121. The lowest BCUT2D eigenvalue weighted by Gasteiger charge is -2.26. The van der Waals surface area contributed by atoms with Crippen molar-refractivity contribution in [3.63, 3.8) is 0 Å². The number of rotatable bonds is 13. The van der Waals surface area contributed by atoms with Crippen LogP contribution < -0.4 is 19.5 Å². The highest BCUT2D eigenvalue weighted by Crippen LogP contribution is 2.35. The summed E-state index contributed by atoms with van der Waals surface area (Å²) in [5.41, 5.74) is 3.56. The van der Waals surface area contributed by atoms with Crippen LogP contribution in [-0.2, 0) is 16.1 Å². The monoisotopic (exact) mass is 558 g/mol. The predicted molar refractivity (Wildman–Crippen MR) is 157 cm³/mol. The first-order valence-electron chi connectivity index (χ1n) is 14.1. The van der Waals surface area contributed by atoms with Crippen molar-refractivity contribution in [1.82, 2.24) is 19.6 Å². The number of benzene rings is 2. The smallest absolute Gasteiger partial charge is 0.221 e. The largest absolute Gasteiger partial charge is 0.497 e. The number of nitrogens with one attached hydrogen (secondary N) is 1. The third kappa shape index (κ3) is 7.36. The number of methoxy groups -OCH3 is 2. The van der Waals surface area contributed by atoms with Crippen molar-refractivity contribution in [2.45, 2.75) is 25.4 Å². The van der Waals surface area contributed by atoms with Crippen molar-refractivity contribution >= 4 is 11.6 Å². The number of fused-ring (bicyclic) bond motifs is 1. The number of imidazole rings is 1. The molecule has 0 saturated carbocycles. The fourth-order valence-corrected chi connectivity index (χ4v) is 5.15. The van der Waals surface area contributed by atoms with Crippen LogP contribution in [0, 0.1) is 0 Å². The molecule has 4 aromatic rings. The molecule has 2 aromatic carbocycles. The van der Waals surface area contributed by atoms with Gasteiger partial charge in [-0.05, 0) is 48.4 Å². The molecule has 1 amide bonds. The molecule has 1 fully saturated rings. The minimum absolute atomic E-state index is 0.0230. The van der Waals surface area contributed by atoms with Gasteiger partial charge >= 0.3 is 0 Å². The lowest BCUT2D eigenvalue weighted by Crippen LogP contribution is -2.38. The molecule has 3 heterocycles. The van der Waals surface area contributed by atoms with Crippen LogP contribution in [0.2, 0.25) is 0 Å². The maximum atomic E-state index is 13.3. The van der Waals surface area contributed by atoms with Crippen molar-refractivity contribution in [1.29, 1.82) is 0 Å². The second kappa shape index (κ2) is 14.0. The van der Waals surface area contributed by atoms with E-state index in [4.69, 9.17) is 23.9 Å². The third-order valence-corrected chi connectivity index (χ3v) is 7.37. The van der Waals surface area contributed by atoms with Crippen LogP contribution >= 0.6 is 0 Å². The van der Waals surface area contributed by atoms with E-state index in [1.165, 1.54) is 0 Å². The average Bonchev–Trinajstić information content (AvgIpc) is 3.46. The maximum Gasteiger partial charge on any atom is 0.221 e. The Labute approximate surface area is 241 Å².